The number of hydrogen-bond acceptors (Lipinski definition) is 5. The average Bonchev–Trinajstić information content (AvgIpc) is 3.37. The van der Waals surface area contributed by atoms with Gasteiger partial charge in [0.2, 0.25) is 0 Å². The van der Waals surface area contributed by atoms with Gasteiger partial charge in [-0.2, -0.15) is 5.10 Å². The summed E-state index contributed by atoms with van der Waals surface area (Å²) in [5, 5.41) is 7.64. The molecule has 0 bridgehead atoms. The second kappa shape index (κ2) is 14.2. The fraction of sp³-hybridized carbons (Fsp3) is 0.321. The van der Waals surface area contributed by atoms with E-state index in [2.05, 4.69) is 20.7 Å². The fourth-order valence-electron chi connectivity index (χ4n) is 3.96. The van der Waals surface area contributed by atoms with Crippen molar-refractivity contribution in [1.29, 1.82) is 0 Å². The van der Waals surface area contributed by atoms with Gasteiger partial charge in [0.05, 0.1) is 17.3 Å². The number of rotatable bonds is 13. The number of furan rings is 1. The van der Waals surface area contributed by atoms with Crippen molar-refractivity contribution in [3.63, 3.8) is 0 Å². The maximum Gasteiger partial charge on any atom is 0.257 e. The highest BCUT2D eigenvalue weighted by Gasteiger charge is 2.23. The van der Waals surface area contributed by atoms with E-state index in [-0.39, 0.29) is 17.9 Å². The molecule has 0 aliphatic rings. The number of amides is 2. The van der Waals surface area contributed by atoms with Crippen LogP contribution in [0.5, 0.6) is 0 Å². The predicted molar refractivity (Wildman–Crippen MR) is 144 cm³/mol. The van der Waals surface area contributed by atoms with Gasteiger partial charge in [-0.15, -0.1) is 0 Å². The van der Waals surface area contributed by atoms with Gasteiger partial charge in [0, 0.05) is 17.7 Å². The molecule has 0 aliphatic heterocycles. The molecule has 0 aliphatic carbocycles. The first-order valence-corrected chi connectivity index (χ1v) is 12.7. The number of unbranched alkanes of at least 4 members (excludes halogenated alkanes) is 1. The summed E-state index contributed by atoms with van der Waals surface area (Å²) in [6.45, 7) is 6.13. The molecule has 3 rings (SSSR count). The molecule has 2 amide bonds. The van der Waals surface area contributed by atoms with Crippen LogP contribution in [-0.2, 0) is 4.79 Å². The Hall–Kier alpha value is -3.42. The van der Waals surface area contributed by atoms with Crippen molar-refractivity contribution < 1.29 is 14.0 Å². The number of likely N-dealkylation sites (N-methyl/N-ethyl adjacent to an activating group) is 1. The minimum absolute atomic E-state index is 0.0846. The van der Waals surface area contributed by atoms with Crippen LogP contribution in [0.2, 0.25) is 5.02 Å². The molecular weight excluding hydrogens is 476 g/mol. The molecule has 0 radical (unpaired) electrons. The molecule has 1 unspecified atom stereocenters. The summed E-state index contributed by atoms with van der Waals surface area (Å²) in [7, 11) is 0. The van der Waals surface area contributed by atoms with E-state index in [9.17, 15) is 9.59 Å². The van der Waals surface area contributed by atoms with Gasteiger partial charge >= 0.3 is 0 Å². The lowest BCUT2D eigenvalue weighted by molar-refractivity contribution is -0.126. The molecular formula is C28H33ClN4O3. The zero-order valence-electron chi connectivity index (χ0n) is 20.7. The van der Waals surface area contributed by atoms with Crippen molar-refractivity contribution >= 4 is 29.6 Å². The predicted octanol–water partition coefficient (Wildman–Crippen LogP) is 5.36. The highest BCUT2D eigenvalue weighted by atomic mass is 35.5. The van der Waals surface area contributed by atoms with Gasteiger partial charge in [0.1, 0.15) is 11.5 Å². The molecule has 0 saturated carbocycles. The normalized spacial score (nSPS) is 12.1. The number of carbonyl (C=O) groups excluding carboxylic acids is 2. The zero-order valence-corrected chi connectivity index (χ0v) is 21.5. The summed E-state index contributed by atoms with van der Waals surface area (Å²) in [4.78, 5) is 27.2. The van der Waals surface area contributed by atoms with Gasteiger partial charge < -0.3 is 9.73 Å². The number of nitrogens with zero attached hydrogens (tertiary/aromatic N) is 2. The van der Waals surface area contributed by atoms with Crippen LogP contribution in [0.3, 0.4) is 0 Å². The lowest BCUT2D eigenvalue weighted by atomic mass is 10.1. The second-order valence-corrected chi connectivity index (χ2v) is 8.68. The molecule has 2 aromatic carbocycles. The summed E-state index contributed by atoms with van der Waals surface area (Å²) in [6.07, 6.45) is 3.73. The van der Waals surface area contributed by atoms with Crippen molar-refractivity contribution in [2.75, 3.05) is 19.6 Å². The van der Waals surface area contributed by atoms with Crippen molar-refractivity contribution in [2.24, 2.45) is 5.10 Å². The molecule has 0 saturated heterocycles. The first-order valence-electron chi connectivity index (χ1n) is 12.3. The molecule has 1 aromatic heterocycles. The maximum absolute atomic E-state index is 12.9. The van der Waals surface area contributed by atoms with E-state index < -0.39 is 0 Å². The number of carbonyl (C=O) groups is 2. The van der Waals surface area contributed by atoms with Crippen molar-refractivity contribution in [2.45, 2.75) is 39.2 Å². The van der Waals surface area contributed by atoms with Crippen LogP contribution in [0.1, 0.15) is 49.2 Å². The number of halogens is 1. The molecule has 190 valence electrons. The molecule has 0 fully saturated rings. The SMILES string of the molecule is CCN(CC)C(CCCCNC(=O)c1ccccc1)C(=O)N/N=C/c1ccc(-c2ccccc2Cl)o1. The Kier molecular flexibility index (Phi) is 10.7. The Balaban J connectivity index is 1.50. The van der Waals surface area contributed by atoms with Crippen LogP contribution in [-0.4, -0.2) is 48.6 Å². The van der Waals surface area contributed by atoms with Gasteiger partial charge in [-0.05, 0) is 68.8 Å². The smallest absolute Gasteiger partial charge is 0.257 e. The minimum atomic E-state index is -0.308. The standard InChI is InChI=1S/C28H33ClN4O3/c1-3-33(4-2)25(16-10-11-19-30-27(34)21-12-6-5-7-13-21)28(35)32-31-20-22-17-18-26(36-22)23-14-8-9-15-24(23)29/h5-9,12-15,17-18,20,25H,3-4,10-11,16,19H2,1-2H3,(H,30,34)(H,32,35)/b31-20+. The van der Waals surface area contributed by atoms with Crippen LogP contribution in [0, 0.1) is 0 Å². The molecule has 7 nitrogen and oxygen atoms in total. The summed E-state index contributed by atoms with van der Waals surface area (Å²) < 4.78 is 5.80. The Morgan fingerprint density at radius 1 is 1.00 bits per heavy atom. The highest BCUT2D eigenvalue weighted by molar-refractivity contribution is 6.33. The Labute approximate surface area is 217 Å². The number of hydrazone groups is 1. The largest absolute Gasteiger partial charge is 0.455 e. The molecule has 3 aromatic rings. The van der Waals surface area contributed by atoms with E-state index in [4.69, 9.17) is 16.0 Å². The molecule has 8 heteroatoms. The van der Waals surface area contributed by atoms with Gasteiger partial charge in [0.15, 0.2) is 0 Å². The second-order valence-electron chi connectivity index (χ2n) is 8.27. The average molecular weight is 509 g/mol. The monoisotopic (exact) mass is 508 g/mol. The quantitative estimate of drug-likeness (QED) is 0.185. The Bertz CT molecular complexity index is 1140. The van der Waals surface area contributed by atoms with Gasteiger partial charge in [-0.25, -0.2) is 5.43 Å². The van der Waals surface area contributed by atoms with E-state index in [1.807, 2.05) is 56.3 Å². The zero-order chi connectivity index (χ0) is 25.8. The topological polar surface area (TPSA) is 86.9 Å². The first-order chi connectivity index (χ1) is 17.5. The lowest BCUT2D eigenvalue weighted by Crippen LogP contribution is -2.45. The maximum atomic E-state index is 12.9. The van der Waals surface area contributed by atoms with Crippen molar-refractivity contribution in [3.05, 3.63) is 83.1 Å². The van der Waals surface area contributed by atoms with Gasteiger partial charge in [-0.1, -0.05) is 55.8 Å². The van der Waals surface area contributed by atoms with Crippen LogP contribution in [0.25, 0.3) is 11.3 Å². The van der Waals surface area contributed by atoms with E-state index >= 15 is 0 Å². The highest BCUT2D eigenvalue weighted by Crippen LogP contribution is 2.28. The van der Waals surface area contributed by atoms with E-state index in [1.165, 1.54) is 6.21 Å². The number of nitrogens with one attached hydrogen (secondary N) is 2. The van der Waals surface area contributed by atoms with Crippen LogP contribution in [0.15, 0.2) is 76.2 Å². The summed E-state index contributed by atoms with van der Waals surface area (Å²) in [6, 6.07) is 19.9. The fourth-order valence-corrected chi connectivity index (χ4v) is 4.19. The number of hydrogen-bond donors (Lipinski definition) is 2. The third kappa shape index (κ3) is 7.80. The summed E-state index contributed by atoms with van der Waals surface area (Å²) in [5.74, 6) is 0.896. The van der Waals surface area contributed by atoms with Crippen molar-refractivity contribution in [1.82, 2.24) is 15.6 Å². The molecule has 1 heterocycles. The van der Waals surface area contributed by atoms with E-state index in [0.717, 1.165) is 31.5 Å². The minimum Gasteiger partial charge on any atom is -0.455 e. The van der Waals surface area contributed by atoms with Gasteiger partial charge in [0.25, 0.3) is 11.8 Å². The Morgan fingerprint density at radius 2 is 1.72 bits per heavy atom. The summed E-state index contributed by atoms with van der Waals surface area (Å²) in [5.41, 5.74) is 4.09. The van der Waals surface area contributed by atoms with Gasteiger partial charge in [-0.3, -0.25) is 14.5 Å². The molecule has 0 spiro atoms. The molecule has 2 N–H and O–H groups in total. The van der Waals surface area contributed by atoms with E-state index in [1.54, 1.807) is 24.3 Å². The first kappa shape index (κ1) is 27.2. The van der Waals surface area contributed by atoms with Crippen LogP contribution < -0.4 is 10.7 Å². The third-order valence-electron chi connectivity index (χ3n) is 5.91. The van der Waals surface area contributed by atoms with Crippen LogP contribution in [0.4, 0.5) is 0 Å². The van der Waals surface area contributed by atoms with Crippen molar-refractivity contribution in [3.8, 4) is 11.3 Å². The van der Waals surface area contributed by atoms with E-state index in [0.29, 0.717) is 35.1 Å². The molecule has 1 atom stereocenters. The summed E-state index contributed by atoms with van der Waals surface area (Å²) >= 11 is 6.23. The lowest BCUT2D eigenvalue weighted by Gasteiger charge is -2.27. The molecule has 36 heavy (non-hydrogen) atoms. The number of benzene rings is 2. The van der Waals surface area contributed by atoms with Crippen LogP contribution >= 0.6 is 11.6 Å². The Morgan fingerprint density at radius 3 is 2.44 bits per heavy atom. The third-order valence-corrected chi connectivity index (χ3v) is 6.24.